The van der Waals surface area contributed by atoms with Crippen molar-refractivity contribution in [2.75, 3.05) is 11.9 Å². The summed E-state index contributed by atoms with van der Waals surface area (Å²) in [6, 6.07) is 2.11. The van der Waals surface area contributed by atoms with E-state index >= 15 is 0 Å². The molecular formula is C14H21BrN2. The van der Waals surface area contributed by atoms with Crippen LogP contribution in [-0.4, -0.2) is 11.5 Å². The Morgan fingerprint density at radius 3 is 3.00 bits per heavy atom. The van der Waals surface area contributed by atoms with E-state index in [-0.39, 0.29) is 0 Å². The second-order valence-electron chi connectivity index (χ2n) is 5.34. The summed E-state index contributed by atoms with van der Waals surface area (Å²) in [5.41, 5.74) is 1.24. The minimum absolute atomic E-state index is 0.824. The van der Waals surface area contributed by atoms with Crippen LogP contribution in [0.4, 0.5) is 5.82 Å². The van der Waals surface area contributed by atoms with Gasteiger partial charge in [0.05, 0.1) is 0 Å². The summed E-state index contributed by atoms with van der Waals surface area (Å²) >= 11 is 3.47. The summed E-state index contributed by atoms with van der Waals surface area (Å²) in [5.74, 6) is 2.73. The number of anilines is 1. The summed E-state index contributed by atoms with van der Waals surface area (Å²) in [5, 5.41) is 3.47. The molecule has 0 amide bonds. The highest BCUT2D eigenvalue weighted by Gasteiger charge is 2.18. The van der Waals surface area contributed by atoms with E-state index in [1.807, 2.05) is 6.20 Å². The standard InChI is InChI=1S/C14H21BrN2/c1-10-4-3-5-12(6-10)8-16-14-7-11(2)13(15)9-17-14/h7,9-10,12H,3-6,8H2,1-2H3,(H,16,17). The molecule has 1 saturated carbocycles. The average molecular weight is 297 g/mol. The van der Waals surface area contributed by atoms with Gasteiger partial charge in [-0.1, -0.05) is 19.8 Å². The van der Waals surface area contributed by atoms with Crippen LogP contribution in [0.5, 0.6) is 0 Å². The molecule has 2 atom stereocenters. The van der Waals surface area contributed by atoms with E-state index in [0.717, 1.165) is 28.7 Å². The highest BCUT2D eigenvalue weighted by Crippen LogP contribution is 2.28. The Kier molecular flexibility index (Phi) is 4.43. The highest BCUT2D eigenvalue weighted by atomic mass is 79.9. The number of aromatic nitrogens is 1. The Morgan fingerprint density at radius 2 is 2.29 bits per heavy atom. The van der Waals surface area contributed by atoms with Crippen molar-refractivity contribution in [3.63, 3.8) is 0 Å². The largest absolute Gasteiger partial charge is 0.370 e. The minimum atomic E-state index is 0.824. The minimum Gasteiger partial charge on any atom is -0.370 e. The van der Waals surface area contributed by atoms with Crippen molar-refractivity contribution in [1.29, 1.82) is 0 Å². The first kappa shape index (κ1) is 12.9. The number of halogens is 1. The van der Waals surface area contributed by atoms with Gasteiger partial charge in [-0.15, -0.1) is 0 Å². The van der Waals surface area contributed by atoms with Crippen molar-refractivity contribution < 1.29 is 0 Å². The topological polar surface area (TPSA) is 24.9 Å². The molecule has 0 aromatic carbocycles. The van der Waals surface area contributed by atoms with Crippen molar-refractivity contribution in [3.8, 4) is 0 Å². The fraction of sp³-hybridized carbons (Fsp3) is 0.643. The maximum atomic E-state index is 4.38. The second kappa shape index (κ2) is 5.85. The molecule has 0 bridgehead atoms. The van der Waals surface area contributed by atoms with Crippen LogP contribution in [0, 0.1) is 18.8 Å². The molecule has 0 spiro atoms. The summed E-state index contributed by atoms with van der Waals surface area (Å²) in [6.45, 7) is 5.53. The van der Waals surface area contributed by atoms with Gasteiger partial charge in [0.15, 0.2) is 0 Å². The molecule has 2 nitrogen and oxygen atoms in total. The van der Waals surface area contributed by atoms with Gasteiger partial charge in [-0.05, 0) is 59.2 Å². The Labute approximate surface area is 112 Å². The van der Waals surface area contributed by atoms with Gasteiger partial charge in [0.1, 0.15) is 5.82 Å². The predicted octanol–water partition coefficient (Wildman–Crippen LogP) is 4.39. The molecule has 1 N–H and O–H groups in total. The van der Waals surface area contributed by atoms with Crippen molar-refractivity contribution in [1.82, 2.24) is 4.98 Å². The van der Waals surface area contributed by atoms with Crippen molar-refractivity contribution in [2.24, 2.45) is 11.8 Å². The molecule has 2 rings (SSSR count). The van der Waals surface area contributed by atoms with E-state index in [2.05, 4.69) is 46.1 Å². The number of rotatable bonds is 3. The van der Waals surface area contributed by atoms with E-state index < -0.39 is 0 Å². The first-order chi connectivity index (χ1) is 8.15. The lowest BCUT2D eigenvalue weighted by Gasteiger charge is -2.27. The van der Waals surface area contributed by atoms with Crippen LogP contribution in [0.2, 0.25) is 0 Å². The van der Waals surface area contributed by atoms with Gasteiger partial charge in [0, 0.05) is 17.2 Å². The fourth-order valence-electron chi connectivity index (χ4n) is 2.63. The van der Waals surface area contributed by atoms with E-state index in [9.17, 15) is 0 Å². The number of hydrogen-bond donors (Lipinski definition) is 1. The highest BCUT2D eigenvalue weighted by molar-refractivity contribution is 9.10. The van der Waals surface area contributed by atoms with Crippen LogP contribution in [-0.2, 0) is 0 Å². The lowest BCUT2D eigenvalue weighted by Crippen LogP contribution is -2.21. The van der Waals surface area contributed by atoms with E-state index in [0.29, 0.717) is 0 Å². The van der Waals surface area contributed by atoms with Gasteiger partial charge in [0.25, 0.3) is 0 Å². The molecule has 94 valence electrons. The quantitative estimate of drug-likeness (QED) is 0.895. The third-order valence-corrected chi connectivity index (χ3v) is 4.49. The number of nitrogens with one attached hydrogen (secondary N) is 1. The maximum absolute atomic E-state index is 4.38. The van der Waals surface area contributed by atoms with E-state index in [1.54, 1.807) is 0 Å². The Balaban J connectivity index is 1.86. The lowest BCUT2D eigenvalue weighted by molar-refractivity contribution is 0.293. The van der Waals surface area contributed by atoms with Gasteiger partial charge >= 0.3 is 0 Å². The molecular weight excluding hydrogens is 276 g/mol. The molecule has 1 aliphatic rings. The molecule has 1 fully saturated rings. The molecule has 2 unspecified atom stereocenters. The maximum Gasteiger partial charge on any atom is 0.126 e. The van der Waals surface area contributed by atoms with Crippen molar-refractivity contribution in [2.45, 2.75) is 39.5 Å². The zero-order valence-corrected chi connectivity index (χ0v) is 12.3. The summed E-state index contributed by atoms with van der Waals surface area (Å²) in [6.07, 6.45) is 7.41. The normalized spacial score (nSPS) is 24.6. The van der Waals surface area contributed by atoms with Crippen molar-refractivity contribution >= 4 is 21.7 Å². The van der Waals surface area contributed by atoms with Gasteiger partial charge in [-0.3, -0.25) is 0 Å². The Bertz CT molecular complexity index is 378. The lowest BCUT2D eigenvalue weighted by atomic mass is 9.82. The predicted molar refractivity (Wildman–Crippen MR) is 76.3 cm³/mol. The first-order valence-electron chi connectivity index (χ1n) is 6.51. The smallest absolute Gasteiger partial charge is 0.126 e. The van der Waals surface area contributed by atoms with Gasteiger partial charge in [0.2, 0.25) is 0 Å². The zero-order valence-electron chi connectivity index (χ0n) is 10.7. The van der Waals surface area contributed by atoms with Crippen LogP contribution in [0.3, 0.4) is 0 Å². The van der Waals surface area contributed by atoms with Crippen LogP contribution < -0.4 is 5.32 Å². The summed E-state index contributed by atoms with van der Waals surface area (Å²) in [4.78, 5) is 4.38. The SMILES string of the molecule is Cc1cc(NCC2CCCC(C)C2)ncc1Br. The fourth-order valence-corrected chi connectivity index (χ4v) is 2.85. The molecule has 1 aromatic heterocycles. The van der Waals surface area contributed by atoms with Crippen molar-refractivity contribution in [3.05, 3.63) is 22.3 Å². The zero-order chi connectivity index (χ0) is 12.3. The van der Waals surface area contributed by atoms with Gasteiger partial charge < -0.3 is 5.32 Å². The van der Waals surface area contributed by atoms with Gasteiger partial charge in [-0.2, -0.15) is 0 Å². The third kappa shape index (κ3) is 3.70. The number of pyridine rings is 1. The molecule has 0 aliphatic heterocycles. The molecule has 3 heteroatoms. The monoisotopic (exact) mass is 296 g/mol. The van der Waals surface area contributed by atoms with E-state index in [4.69, 9.17) is 0 Å². The number of aryl methyl sites for hydroxylation is 1. The van der Waals surface area contributed by atoms with Crippen LogP contribution in [0.15, 0.2) is 16.7 Å². The average Bonchev–Trinajstić information content (AvgIpc) is 2.31. The molecule has 17 heavy (non-hydrogen) atoms. The van der Waals surface area contributed by atoms with Crippen LogP contribution in [0.1, 0.15) is 38.2 Å². The van der Waals surface area contributed by atoms with E-state index in [1.165, 1.54) is 31.2 Å². The molecule has 1 heterocycles. The molecule has 1 aromatic rings. The van der Waals surface area contributed by atoms with Crippen LogP contribution >= 0.6 is 15.9 Å². The Morgan fingerprint density at radius 1 is 1.47 bits per heavy atom. The molecule has 1 aliphatic carbocycles. The first-order valence-corrected chi connectivity index (χ1v) is 7.30. The molecule has 0 radical (unpaired) electrons. The number of nitrogens with zero attached hydrogens (tertiary/aromatic N) is 1. The second-order valence-corrected chi connectivity index (χ2v) is 6.19. The number of hydrogen-bond acceptors (Lipinski definition) is 2. The summed E-state index contributed by atoms with van der Waals surface area (Å²) < 4.78 is 1.08. The summed E-state index contributed by atoms with van der Waals surface area (Å²) in [7, 11) is 0. The Hall–Kier alpha value is -0.570. The van der Waals surface area contributed by atoms with Crippen LogP contribution in [0.25, 0.3) is 0 Å². The molecule has 0 saturated heterocycles. The van der Waals surface area contributed by atoms with Gasteiger partial charge in [-0.25, -0.2) is 4.98 Å². The third-order valence-electron chi connectivity index (χ3n) is 3.66.